The van der Waals surface area contributed by atoms with Crippen molar-refractivity contribution < 1.29 is 35.9 Å². The first-order valence-corrected chi connectivity index (χ1v) is 13.4. The number of aryl methyl sites for hydroxylation is 2. The molecule has 9 nitrogen and oxygen atoms in total. The Bertz CT molecular complexity index is 1320. The van der Waals surface area contributed by atoms with E-state index in [0.717, 1.165) is 27.3 Å². The van der Waals surface area contributed by atoms with E-state index in [1.807, 2.05) is 32.0 Å². The number of alkyl halides is 3. The van der Waals surface area contributed by atoms with E-state index in [4.69, 9.17) is 4.74 Å². The minimum Gasteiger partial charge on any atom is -0.441 e. The summed E-state index contributed by atoms with van der Waals surface area (Å²) in [6.45, 7) is 5.83. The monoisotopic (exact) mass is 554 g/mol. The summed E-state index contributed by atoms with van der Waals surface area (Å²) in [5.74, 6) is -2.55. The van der Waals surface area contributed by atoms with E-state index in [9.17, 15) is 31.2 Å². The first-order valence-electron chi connectivity index (χ1n) is 12.0. The molecule has 1 aromatic heterocycles. The van der Waals surface area contributed by atoms with Gasteiger partial charge in [0, 0.05) is 50.8 Å². The molecule has 0 amide bonds. The van der Waals surface area contributed by atoms with E-state index in [1.165, 1.54) is 25.3 Å². The lowest BCUT2D eigenvalue weighted by atomic mass is 9.82. The average Bonchev–Trinajstić information content (AvgIpc) is 3.19. The van der Waals surface area contributed by atoms with Crippen molar-refractivity contribution in [3.8, 4) is 0 Å². The number of aromatic nitrogens is 1. The first-order chi connectivity index (χ1) is 17.7. The topological polar surface area (TPSA) is 100 Å². The van der Waals surface area contributed by atoms with Crippen molar-refractivity contribution in [2.24, 2.45) is 0 Å². The predicted molar refractivity (Wildman–Crippen MR) is 132 cm³/mol. The summed E-state index contributed by atoms with van der Waals surface area (Å²) in [5.41, 5.74) is -0.806. The molecule has 0 unspecified atom stereocenters. The van der Waals surface area contributed by atoms with Crippen LogP contribution in [-0.4, -0.2) is 91.4 Å². The van der Waals surface area contributed by atoms with Gasteiger partial charge in [-0.2, -0.15) is 17.5 Å². The molecule has 3 heterocycles. The summed E-state index contributed by atoms with van der Waals surface area (Å²) in [6.07, 6.45) is -2.75. The number of ether oxygens (including phenoxy) is 1. The van der Waals surface area contributed by atoms with Crippen molar-refractivity contribution in [3.05, 3.63) is 53.9 Å². The van der Waals surface area contributed by atoms with Gasteiger partial charge in [-0.15, -0.1) is 0 Å². The van der Waals surface area contributed by atoms with Crippen LogP contribution in [0.5, 0.6) is 0 Å². The lowest BCUT2D eigenvalue weighted by Gasteiger charge is -2.49. The zero-order valence-electron chi connectivity index (χ0n) is 21.2. The van der Waals surface area contributed by atoms with E-state index >= 15 is 0 Å². The predicted octanol–water partition coefficient (Wildman–Crippen LogP) is 2.33. The van der Waals surface area contributed by atoms with Crippen molar-refractivity contribution in [3.63, 3.8) is 0 Å². The zero-order chi connectivity index (χ0) is 27.9. The molecule has 0 bridgehead atoms. The van der Waals surface area contributed by atoms with E-state index in [2.05, 4.69) is 9.88 Å². The van der Waals surface area contributed by atoms with Gasteiger partial charge in [-0.25, -0.2) is 13.2 Å². The van der Waals surface area contributed by atoms with Gasteiger partial charge in [-0.05, 0) is 50.1 Å². The van der Waals surface area contributed by atoms with Crippen LogP contribution >= 0.6 is 0 Å². The maximum absolute atomic E-state index is 13.4. The molecule has 0 N–H and O–H groups in total. The zero-order valence-corrected chi connectivity index (χ0v) is 22.1. The molecule has 0 spiro atoms. The molecule has 2 aromatic rings. The van der Waals surface area contributed by atoms with Crippen LogP contribution in [0.1, 0.15) is 18.1 Å². The van der Waals surface area contributed by atoms with E-state index in [-0.39, 0.29) is 17.7 Å². The second-order valence-corrected chi connectivity index (χ2v) is 11.8. The van der Waals surface area contributed by atoms with Crippen LogP contribution in [0.15, 0.2) is 47.6 Å². The molecule has 13 heteroatoms. The number of aldehydes is 1. The number of sulfonamides is 1. The van der Waals surface area contributed by atoms with Gasteiger partial charge in [0.2, 0.25) is 10.0 Å². The van der Waals surface area contributed by atoms with Crippen molar-refractivity contribution in [1.29, 1.82) is 0 Å². The van der Waals surface area contributed by atoms with Gasteiger partial charge in [-0.3, -0.25) is 14.7 Å². The quantitative estimate of drug-likeness (QED) is 0.396. The fourth-order valence-corrected chi connectivity index (χ4v) is 6.73. The van der Waals surface area contributed by atoms with Crippen LogP contribution < -0.4 is 4.90 Å². The highest BCUT2D eigenvalue weighted by atomic mass is 32.2. The van der Waals surface area contributed by atoms with Crippen LogP contribution in [0, 0.1) is 13.8 Å². The van der Waals surface area contributed by atoms with Gasteiger partial charge in [0.1, 0.15) is 4.90 Å². The van der Waals surface area contributed by atoms with Crippen LogP contribution in [0.25, 0.3) is 0 Å². The number of pyridine rings is 1. The number of halogens is 3. The molecule has 4 rings (SSSR count). The minimum absolute atomic E-state index is 0.131. The van der Waals surface area contributed by atoms with Gasteiger partial charge < -0.3 is 9.64 Å². The lowest BCUT2D eigenvalue weighted by Crippen LogP contribution is -2.68. The number of esters is 1. The molecule has 1 aromatic carbocycles. The Balaban J connectivity index is 1.68. The standard InChI is InChI=1S/C25H29F3N4O5S/c1-18-6-7-19(2)21(13-18)30-9-11-31(12-10-30)23(3)15-32(38(35,36)20-5-4-8-29-14-20)16-24(23,17-33)37-22(34)25(26,27)28/h4-8,13-14,17H,9-12,15-16H2,1-3H3/t23-,24-/m0/s1. The number of anilines is 1. The number of hydrogen-bond donors (Lipinski definition) is 0. The smallest absolute Gasteiger partial charge is 0.441 e. The second-order valence-electron chi connectivity index (χ2n) is 9.89. The van der Waals surface area contributed by atoms with Crippen molar-refractivity contribution in [2.45, 2.75) is 43.0 Å². The molecule has 2 aliphatic heterocycles. The largest absolute Gasteiger partial charge is 0.490 e. The highest BCUT2D eigenvalue weighted by molar-refractivity contribution is 7.89. The Hall–Kier alpha value is -3.03. The number of carbonyl (C=O) groups excluding carboxylic acids is 2. The number of nitrogens with zero attached hydrogens (tertiary/aromatic N) is 4. The van der Waals surface area contributed by atoms with Crippen molar-refractivity contribution in [1.82, 2.24) is 14.2 Å². The fraction of sp³-hybridized carbons (Fsp3) is 0.480. The SMILES string of the molecule is Cc1ccc(C)c(N2CCN([C@@]3(C)CN(S(=O)(=O)c4cccnc4)C[C@@]3(C=O)OC(=O)C(F)(F)F)CC2)c1. The number of rotatable bonds is 6. The molecular formula is C25H29F3N4O5S. The maximum Gasteiger partial charge on any atom is 0.490 e. The Morgan fingerprint density at radius 1 is 1.11 bits per heavy atom. The average molecular weight is 555 g/mol. The summed E-state index contributed by atoms with van der Waals surface area (Å²) in [7, 11) is -4.26. The number of hydrogen-bond acceptors (Lipinski definition) is 8. The van der Waals surface area contributed by atoms with Gasteiger partial charge in [-0.1, -0.05) is 12.1 Å². The highest BCUT2D eigenvalue weighted by Crippen LogP contribution is 2.42. The van der Waals surface area contributed by atoms with E-state index in [0.29, 0.717) is 26.2 Å². The van der Waals surface area contributed by atoms with E-state index < -0.39 is 39.9 Å². The Morgan fingerprint density at radius 2 is 1.79 bits per heavy atom. The van der Waals surface area contributed by atoms with Gasteiger partial charge >= 0.3 is 12.1 Å². The Kier molecular flexibility index (Phi) is 7.32. The minimum atomic E-state index is -5.37. The summed E-state index contributed by atoms with van der Waals surface area (Å²) >= 11 is 0. The van der Waals surface area contributed by atoms with Crippen LogP contribution in [0.3, 0.4) is 0 Å². The van der Waals surface area contributed by atoms with Crippen LogP contribution in [0.2, 0.25) is 0 Å². The molecule has 0 radical (unpaired) electrons. The molecule has 2 atom stereocenters. The summed E-state index contributed by atoms with van der Waals surface area (Å²) in [5, 5.41) is 0. The molecule has 0 aliphatic carbocycles. The van der Waals surface area contributed by atoms with Gasteiger partial charge in [0.15, 0.2) is 11.9 Å². The number of carbonyl (C=O) groups is 2. The third-order valence-electron chi connectivity index (χ3n) is 7.46. The molecule has 0 saturated carbocycles. The van der Waals surface area contributed by atoms with Gasteiger partial charge in [0.25, 0.3) is 0 Å². The van der Waals surface area contributed by atoms with Crippen LogP contribution in [0.4, 0.5) is 18.9 Å². The molecular weight excluding hydrogens is 525 g/mol. The Labute approximate surface area is 219 Å². The lowest BCUT2D eigenvalue weighted by molar-refractivity contribution is -0.219. The number of piperazine rings is 1. The third-order valence-corrected chi connectivity index (χ3v) is 9.23. The molecule has 2 saturated heterocycles. The normalized spacial score (nSPS) is 25.4. The Morgan fingerprint density at radius 3 is 2.37 bits per heavy atom. The molecule has 38 heavy (non-hydrogen) atoms. The molecule has 2 aliphatic rings. The number of benzene rings is 1. The highest BCUT2D eigenvalue weighted by Gasteiger charge is 2.65. The molecule has 206 valence electrons. The third kappa shape index (κ3) is 4.90. The second kappa shape index (κ2) is 9.93. The van der Waals surface area contributed by atoms with Crippen LogP contribution in [-0.2, 0) is 24.3 Å². The first kappa shape index (κ1) is 28.0. The summed E-state index contributed by atoms with van der Waals surface area (Å²) in [4.78, 5) is 32.0. The maximum atomic E-state index is 13.4. The fourth-order valence-electron chi connectivity index (χ4n) is 5.21. The summed E-state index contributed by atoms with van der Waals surface area (Å²) < 4.78 is 72.3. The van der Waals surface area contributed by atoms with Gasteiger partial charge in [0.05, 0.1) is 12.1 Å². The van der Waals surface area contributed by atoms with E-state index in [1.54, 1.807) is 4.90 Å². The summed E-state index contributed by atoms with van der Waals surface area (Å²) in [6, 6.07) is 8.76. The van der Waals surface area contributed by atoms with Crippen molar-refractivity contribution >= 4 is 28.0 Å². The molecule has 2 fully saturated rings. The van der Waals surface area contributed by atoms with Crippen molar-refractivity contribution in [2.75, 3.05) is 44.2 Å².